The van der Waals surface area contributed by atoms with Gasteiger partial charge in [-0.05, 0) is 105 Å². The van der Waals surface area contributed by atoms with Crippen LogP contribution >= 0.6 is 0 Å². The summed E-state index contributed by atoms with van der Waals surface area (Å²) in [5.74, 6) is 3.06. The van der Waals surface area contributed by atoms with Crippen LogP contribution in [0, 0.1) is 34.5 Å². The molecule has 1 N–H and O–H groups in total. The van der Waals surface area contributed by atoms with Gasteiger partial charge in [-0.1, -0.05) is 51.2 Å². The van der Waals surface area contributed by atoms with Crippen LogP contribution < -0.4 is 0 Å². The Morgan fingerprint density at radius 1 is 1.03 bits per heavy atom. The van der Waals surface area contributed by atoms with Gasteiger partial charge in [-0.25, -0.2) is 0 Å². The van der Waals surface area contributed by atoms with Gasteiger partial charge in [0.05, 0.1) is 5.60 Å². The van der Waals surface area contributed by atoms with E-state index >= 15 is 0 Å². The fourth-order valence-corrected chi connectivity index (χ4v) is 8.65. The number of ether oxygens (including phenoxy) is 1. The number of aliphatic hydroxyl groups is 1. The molecule has 0 aliphatic heterocycles. The zero-order valence-electron chi connectivity index (χ0n) is 22.2. The largest absolute Gasteiger partial charge is 0.390 e. The zero-order chi connectivity index (χ0) is 24.4. The number of rotatable bonds is 11. The second kappa shape index (κ2) is 10.6. The summed E-state index contributed by atoms with van der Waals surface area (Å²) < 4.78 is 5.64. The van der Waals surface area contributed by atoms with Gasteiger partial charge in [0.1, 0.15) is 0 Å². The van der Waals surface area contributed by atoms with E-state index in [0.717, 1.165) is 58.2 Å². The molecule has 0 spiro atoms. The maximum absolute atomic E-state index is 12.4. The minimum absolute atomic E-state index is 0.0556. The topological polar surface area (TPSA) is 46.5 Å². The first-order chi connectivity index (χ1) is 16.2. The van der Waals surface area contributed by atoms with Crippen LogP contribution in [0.25, 0.3) is 0 Å². The lowest BCUT2D eigenvalue weighted by Crippen LogP contribution is -2.56. The zero-order valence-corrected chi connectivity index (χ0v) is 22.2. The van der Waals surface area contributed by atoms with Crippen LogP contribution in [-0.2, 0) is 9.53 Å². The van der Waals surface area contributed by atoms with Crippen LogP contribution in [0.2, 0.25) is 0 Å². The molecule has 0 aromatic carbocycles. The maximum Gasteiger partial charge on any atom is 0.155 e. The molecule has 0 aromatic rings. The number of allylic oxidation sites excluding steroid dienone is 1. The van der Waals surface area contributed by atoms with Gasteiger partial charge in [-0.2, -0.15) is 0 Å². The second-order valence-electron chi connectivity index (χ2n) is 12.8. The van der Waals surface area contributed by atoms with E-state index in [1.54, 1.807) is 0 Å². The molecule has 3 heteroatoms. The Kier molecular flexibility index (Phi) is 8.14. The van der Waals surface area contributed by atoms with Crippen molar-refractivity contribution in [3.05, 3.63) is 24.3 Å². The molecular weight excluding hydrogens is 420 g/mol. The fourth-order valence-electron chi connectivity index (χ4n) is 8.65. The van der Waals surface area contributed by atoms with Gasteiger partial charge < -0.3 is 9.84 Å². The highest BCUT2D eigenvalue weighted by molar-refractivity contribution is 5.91. The number of carbonyl (C=O) groups excluding carboxylic acids is 1. The van der Waals surface area contributed by atoms with Crippen LogP contribution in [0.1, 0.15) is 111 Å². The van der Waals surface area contributed by atoms with Crippen molar-refractivity contribution in [2.45, 2.75) is 116 Å². The summed E-state index contributed by atoms with van der Waals surface area (Å²) in [7, 11) is 0. The van der Waals surface area contributed by atoms with E-state index in [1.807, 2.05) is 6.08 Å². The van der Waals surface area contributed by atoms with E-state index in [0.29, 0.717) is 29.5 Å². The number of ketones is 1. The third kappa shape index (κ3) is 4.85. The van der Waals surface area contributed by atoms with E-state index < -0.39 is 5.60 Å². The van der Waals surface area contributed by atoms with Gasteiger partial charge in [-0.15, -0.1) is 6.58 Å². The van der Waals surface area contributed by atoms with Crippen LogP contribution in [0.3, 0.4) is 0 Å². The predicted molar refractivity (Wildman–Crippen MR) is 140 cm³/mol. The van der Waals surface area contributed by atoms with Crippen molar-refractivity contribution in [3.63, 3.8) is 0 Å². The van der Waals surface area contributed by atoms with Crippen LogP contribution in [-0.4, -0.2) is 29.7 Å². The summed E-state index contributed by atoms with van der Waals surface area (Å²) >= 11 is 0. The molecule has 4 aliphatic rings. The van der Waals surface area contributed by atoms with Gasteiger partial charge in [-0.3, -0.25) is 4.79 Å². The molecule has 4 aliphatic carbocycles. The van der Waals surface area contributed by atoms with E-state index in [1.165, 1.54) is 50.5 Å². The summed E-state index contributed by atoms with van der Waals surface area (Å²) in [6, 6.07) is 0. The summed E-state index contributed by atoms with van der Waals surface area (Å²) in [5, 5.41) is 11.4. The van der Waals surface area contributed by atoms with Crippen molar-refractivity contribution < 1.29 is 14.6 Å². The summed E-state index contributed by atoms with van der Waals surface area (Å²) in [4.78, 5) is 12.4. The molecule has 3 fully saturated rings. The molecule has 192 valence electrons. The van der Waals surface area contributed by atoms with Crippen molar-refractivity contribution in [1.29, 1.82) is 0 Å². The molecule has 3 saturated carbocycles. The molecule has 0 bridgehead atoms. The maximum atomic E-state index is 12.4. The van der Waals surface area contributed by atoms with Crippen LogP contribution in [0.15, 0.2) is 24.3 Å². The molecule has 4 rings (SSSR count). The van der Waals surface area contributed by atoms with Crippen LogP contribution in [0.5, 0.6) is 0 Å². The highest BCUT2D eigenvalue weighted by Crippen LogP contribution is 2.69. The Morgan fingerprint density at radius 3 is 2.56 bits per heavy atom. The lowest BCUT2D eigenvalue weighted by molar-refractivity contribution is -0.135. The number of hydrogen-bond acceptors (Lipinski definition) is 3. The summed E-state index contributed by atoms with van der Waals surface area (Å²) in [6.07, 6.45) is 19.9. The SMILES string of the molecule is C=CCCOCCCCCCC[C@@H]1CC2=CC(=O)CC[C@]2(C)[C@H]2CC[C@@]3(C)[C@@H](CC[C@]3(C)O)[C@H]12. The smallest absolute Gasteiger partial charge is 0.155 e. The molecule has 0 heterocycles. The number of carbonyl (C=O) groups is 1. The molecule has 34 heavy (non-hydrogen) atoms. The Hall–Kier alpha value is -0.930. The third-order valence-corrected chi connectivity index (χ3v) is 11.0. The Labute approximate surface area is 208 Å². The van der Waals surface area contributed by atoms with Crippen molar-refractivity contribution in [2.24, 2.45) is 34.5 Å². The Bertz CT molecular complexity index is 767. The molecular formula is C31H50O3. The number of unbranched alkanes of at least 4 members (excludes halogenated alkanes) is 4. The van der Waals surface area contributed by atoms with E-state index in [4.69, 9.17) is 4.74 Å². The average Bonchev–Trinajstić information content (AvgIpc) is 3.05. The molecule has 0 amide bonds. The number of hydrogen-bond donors (Lipinski definition) is 1. The normalized spacial score (nSPS) is 41.4. The Morgan fingerprint density at radius 2 is 1.76 bits per heavy atom. The number of fused-ring (bicyclic) bond motifs is 5. The second-order valence-corrected chi connectivity index (χ2v) is 12.8. The first-order valence-electron chi connectivity index (χ1n) is 14.4. The van der Waals surface area contributed by atoms with E-state index in [2.05, 4.69) is 33.4 Å². The fraction of sp³-hybridized carbons (Fsp3) is 0.839. The van der Waals surface area contributed by atoms with Crippen molar-refractivity contribution in [1.82, 2.24) is 0 Å². The monoisotopic (exact) mass is 470 g/mol. The first-order valence-corrected chi connectivity index (χ1v) is 14.4. The minimum Gasteiger partial charge on any atom is -0.390 e. The highest BCUT2D eigenvalue weighted by Gasteiger charge is 2.64. The molecule has 0 unspecified atom stereocenters. The van der Waals surface area contributed by atoms with Gasteiger partial charge in [0, 0.05) is 19.6 Å². The van der Waals surface area contributed by atoms with Gasteiger partial charge in [0.25, 0.3) is 0 Å². The standard InChI is InChI=1S/C31H50O3/c1-5-6-19-34-20-11-9-7-8-10-12-23-21-24-22-25(32)13-16-29(24,2)26-14-17-30(3)27(28(23)26)15-18-31(30,4)33/h5,22-23,26-28,33H,1,6-21H2,2-4H3/t23-,26+,27+,28-,29+,30+,31+/m1/s1. The van der Waals surface area contributed by atoms with Crippen molar-refractivity contribution in [2.75, 3.05) is 13.2 Å². The highest BCUT2D eigenvalue weighted by atomic mass is 16.5. The van der Waals surface area contributed by atoms with E-state index in [-0.39, 0.29) is 10.8 Å². The van der Waals surface area contributed by atoms with Gasteiger partial charge in [0.15, 0.2) is 5.78 Å². The van der Waals surface area contributed by atoms with Gasteiger partial charge in [0.2, 0.25) is 0 Å². The van der Waals surface area contributed by atoms with Crippen LogP contribution in [0.4, 0.5) is 0 Å². The lowest BCUT2D eigenvalue weighted by atomic mass is 9.44. The lowest BCUT2D eigenvalue weighted by Gasteiger charge is -2.61. The average molecular weight is 471 g/mol. The molecule has 0 saturated heterocycles. The van der Waals surface area contributed by atoms with Gasteiger partial charge >= 0.3 is 0 Å². The third-order valence-electron chi connectivity index (χ3n) is 11.0. The summed E-state index contributed by atoms with van der Waals surface area (Å²) in [5.41, 5.74) is 1.21. The molecule has 0 aromatic heterocycles. The quantitative estimate of drug-likeness (QED) is 0.252. The Balaban J connectivity index is 1.39. The molecule has 7 atom stereocenters. The summed E-state index contributed by atoms with van der Waals surface area (Å²) in [6.45, 7) is 12.4. The molecule has 0 radical (unpaired) electrons. The van der Waals surface area contributed by atoms with Crippen molar-refractivity contribution in [3.8, 4) is 0 Å². The predicted octanol–water partition coefficient (Wildman–Crippen LogP) is 7.43. The minimum atomic E-state index is -0.527. The van der Waals surface area contributed by atoms with E-state index in [9.17, 15) is 9.90 Å². The first kappa shape index (κ1) is 26.1. The van der Waals surface area contributed by atoms with Crippen molar-refractivity contribution >= 4 is 5.78 Å². The molecule has 3 nitrogen and oxygen atoms in total.